The van der Waals surface area contributed by atoms with E-state index in [4.69, 9.17) is 0 Å². The van der Waals surface area contributed by atoms with E-state index in [1.807, 2.05) is 31.2 Å². The van der Waals surface area contributed by atoms with E-state index in [0.29, 0.717) is 6.54 Å². The zero-order chi connectivity index (χ0) is 14.7. The Morgan fingerprint density at radius 3 is 2.90 bits per heavy atom. The van der Waals surface area contributed by atoms with Gasteiger partial charge in [-0.05, 0) is 42.4 Å². The second-order valence-electron chi connectivity index (χ2n) is 4.58. The summed E-state index contributed by atoms with van der Waals surface area (Å²) in [4.78, 5) is 5.67. The Hall–Kier alpha value is -1.43. The van der Waals surface area contributed by atoms with E-state index >= 15 is 0 Å². The summed E-state index contributed by atoms with van der Waals surface area (Å²) < 4.78 is 15.6. The maximum Gasteiger partial charge on any atom is 0.155 e. The highest BCUT2D eigenvalue weighted by Crippen LogP contribution is 2.36. The average Bonchev–Trinajstić information content (AvgIpc) is 2.89. The zero-order valence-corrected chi connectivity index (χ0v) is 13.2. The summed E-state index contributed by atoms with van der Waals surface area (Å²) in [7, 11) is 0. The third kappa shape index (κ3) is 3.43. The van der Waals surface area contributed by atoms with E-state index in [-0.39, 0.29) is 5.82 Å². The van der Waals surface area contributed by atoms with Crippen molar-refractivity contribution in [1.82, 2.24) is 10.3 Å². The molecule has 108 valence electrons. The molecule has 0 fully saturated rings. The Morgan fingerprint density at radius 1 is 1.24 bits per heavy atom. The van der Waals surface area contributed by atoms with Crippen LogP contribution in [-0.4, -0.2) is 11.5 Å². The maximum atomic E-state index is 13.4. The first-order chi connectivity index (χ1) is 10.3. The van der Waals surface area contributed by atoms with Crippen LogP contribution in [0.3, 0.4) is 0 Å². The van der Waals surface area contributed by atoms with Gasteiger partial charge in [-0.1, -0.05) is 30.8 Å². The number of aromatic nitrogens is 1. The van der Waals surface area contributed by atoms with Crippen molar-refractivity contribution < 1.29 is 4.39 Å². The third-order valence-corrected chi connectivity index (χ3v) is 5.27. The van der Waals surface area contributed by atoms with E-state index in [0.717, 1.165) is 26.9 Å². The van der Waals surface area contributed by atoms with Crippen LogP contribution >= 0.6 is 23.1 Å². The fourth-order valence-electron chi connectivity index (χ4n) is 2.03. The number of para-hydroxylation sites is 1. The summed E-state index contributed by atoms with van der Waals surface area (Å²) in [5.74, 6) is -0.198. The van der Waals surface area contributed by atoms with Gasteiger partial charge in [-0.3, -0.25) is 0 Å². The number of fused-ring (bicyclic) bond motifs is 1. The average molecular weight is 318 g/mol. The maximum absolute atomic E-state index is 13.4. The van der Waals surface area contributed by atoms with Gasteiger partial charge in [0.15, 0.2) is 4.34 Å². The van der Waals surface area contributed by atoms with E-state index < -0.39 is 0 Å². The van der Waals surface area contributed by atoms with E-state index in [1.54, 1.807) is 29.2 Å². The molecule has 0 unspecified atom stereocenters. The zero-order valence-electron chi connectivity index (χ0n) is 11.6. The predicted molar refractivity (Wildman–Crippen MR) is 87.5 cm³/mol. The number of hydrogen-bond donors (Lipinski definition) is 1. The molecular weight excluding hydrogens is 303 g/mol. The first-order valence-corrected chi connectivity index (χ1v) is 8.42. The quantitative estimate of drug-likeness (QED) is 0.738. The topological polar surface area (TPSA) is 24.9 Å². The van der Waals surface area contributed by atoms with Gasteiger partial charge in [0.05, 0.1) is 10.2 Å². The van der Waals surface area contributed by atoms with Crippen LogP contribution in [0.1, 0.15) is 12.5 Å². The Bertz CT molecular complexity index is 722. The smallest absolute Gasteiger partial charge is 0.155 e. The normalized spacial score (nSPS) is 11.1. The number of hydrogen-bond acceptors (Lipinski definition) is 4. The molecule has 2 aromatic carbocycles. The number of halogens is 1. The number of thiazole rings is 1. The van der Waals surface area contributed by atoms with E-state index in [9.17, 15) is 4.39 Å². The molecule has 1 N–H and O–H groups in total. The van der Waals surface area contributed by atoms with Crippen molar-refractivity contribution in [3.8, 4) is 0 Å². The second-order valence-corrected chi connectivity index (χ2v) is 6.90. The molecule has 3 aromatic rings. The summed E-state index contributed by atoms with van der Waals surface area (Å²) >= 11 is 3.27. The van der Waals surface area contributed by atoms with Gasteiger partial charge < -0.3 is 5.32 Å². The van der Waals surface area contributed by atoms with Crippen LogP contribution in [-0.2, 0) is 6.54 Å². The Balaban J connectivity index is 1.89. The molecule has 0 radical (unpaired) electrons. The Morgan fingerprint density at radius 2 is 2.10 bits per heavy atom. The van der Waals surface area contributed by atoms with Gasteiger partial charge >= 0.3 is 0 Å². The minimum Gasteiger partial charge on any atom is -0.313 e. The fraction of sp³-hybridized carbons (Fsp3) is 0.188. The highest BCUT2D eigenvalue weighted by Gasteiger charge is 2.09. The molecule has 1 heterocycles. The first-order valence-electron chi connectivity index (χ1n) is 6.79. The van der Waals surface area contributed by atoms with Crippen LogP contribution in [0, 0.1) is 5.82 Å². The molecule has 0 spiro atoms. The van der Waals surface area contributed by atoms with Gasteiger partial charge in [0.1, 0.15) is 5.82 Å². The molecule has 0 aliphatic carbocycles. The van der Waals surface area contributed by atoms with Gasteiger partial charge in [-0.25, -0.2) is 9.37 Å². The Labute approximate surface area is 131 Å². The molecular formula is C16H15FN2S2. The monoisotopic (exact) mass is 318 g/mol. The molecule has 0 atom stereocenters. The minimum atomic E-state index is -0.198. The minimum absolute atomic E-state index is 0.198. The van der Waals surface area contributed by atoms with Crippen molar-refractivity contribution in [2.45, 2.75) is 22.7 Å². The van der Waals surface area contributed by atoms with Crippen LogP contribution < -0.4 is 5.32 Å². The standard InChI is InChI=1S/C16H15FN2S2/c1-2-18-10-11-9-12(17)7-8-14(11)20-16-19-13-5-3-4-6-15(13)21-16/h3-9,18H,2,10H2,1H3. The molecule has 2 nitrogen and oxygen atoms in total. The highest BCUT2D eigenvalue weighted by molar-refractivity contribution is 8.01. The third-order valence-electron chi connectivity index (χ3n) is 3.06. The summed E-state index contributed by atoms with van der Waals surface area (Å²) in [5.41, 5.74) is 1.99. The number of rotatable bonds is 5. The summed E-state index contributed by atoms with van der Waals surface area (Å²) in [5, 5.41) is 3.25. The largest absolute Gasteiger partial charge is 0.313 e. The SMILES string of the molecule is CCNCc1cc(F)ccc1Sc1nc2ccccc2s1. The number of nitrogens with one attached hydrogen (secondary N) is 1. The van der Waals surface area contributed by atoms with Gasteiger partial charge in [0.25, 0.3) is 0 Å². The van der Waals surface area contributed by atoms with Crippen LogP contribution in [0.4, 0.5) is 4.39 Å². The lowest BCUT2D eigenvalue weighted by Gasteiger charge is -2.08. The lowest BCUT2D eigenvalue weighted by Crippen LogP contribution is -2.12. The van der Waals surface area contributed by atoms with Crippen molar-refractivity contribution in [3.05, 3.63) is 53.8 Å². The summed E-state index contributed by atoms with van der Waals surface area (Å²) in [6.45, 7) is 3.57. The fourth-order valence-corrected chi connectivity index (χ4v) is 4.17. The van der Waals surface area contributed by atoms with Crippen molar-refractivity contribution in [2.24, 2.45) is 0 Å². The Kier molecular flexibility index (Phi) is 4.53. The molecule has 0 saturated heterocycles. The van der Waals surface area contributed by atoms with Crippen LogP contribution in [0.2, 0.25) is 0 Å². The van der Waals surface area contributed by atoms with Crippen molar-refractivity contribution in [2.75, 3.05) is 6.54 Å². The highest BCUT2D eigenvalue weighted by atomic mass is 32.2. The van der Waals surface area contributed by atoms with Gasteiger partial charge in [0.2, 0.25) is 0 Å². The van der Waals surface area contributed by atoms with E-state index in [1.165, 1.54) is 10.8 Å². The van der Waals surface area contributed by atoms with Gasteiger partial charge in [-0.2, -0.15) is 0 Å². The summed E-state index contributed by atoms with van der Waals surface area (Å²) in [6.07, 6.45) is 0. The molecule has 0 amide bonds. The van der Waals surface area contributed by atoms with Gasteiger partial charge in [-0.15, -0.1) is 11.3 Å². The first kappa shape index (κ1) is 14.5. The molecule has 5 heteroatoms. The molecule has 0 aliphatic rings. The summed E-state index contributed by atoms with van der Waals surface area (Å²) in [6, 6.07) is 13.0. The molecule has 0 bridgehead atoms. The van der Waals surface area contributed by atoms with Crippen LogP contribution in [0.5, 0.6) is 0 Å². The van der Waals surface area contributed by atoms with Crippen molar-refractivity contribution in [3.63, 3.8) is 0 Å². The molecule has 3 rings (SSSR count). The van der Waals surface area contributed by atoms with Crippen LogP contribution in [0.25, 0.3) is 10.2 Å². The predicted octanol–water partition coefficient (Wildman–Crippen LogP) is 4.70. The molecule has 1 aromatic heterocycles. The lowest BCUT2D eigenvalue weighted by molar-refractivity contribution is 0.619. The molecule has 21 heavy (non-hydrogen) atoms. The van der Waals surface area contributed by atoms with Crippen molar-refractivity contribution >= 4 is 33.3 Å². The lowest BCUT2D eigenvalue weighted by atomic mass is 10.2. The van der Waals surface area contributed by atoms with Gasteiger partial charge in [0, 0.05) is 11.4 Å². The molecule has 0 aliphatic heterocycles. The second kappa shape index (κ2) is 6.56. The van der Waals surface area contributed by atoms with E-state index in [2.05, 4.69) is 16.4 Å². The van der Waals surface area contributed by atoms with Crippen LogP contribution in [0.15, 0.2) is 51.7 Å². The number of nitrogens with zero attached hydrogens (tertiary/aromatic N) is 1. The van der Waals surface area contributed by atoms with Crippen molar-refractivity contribution in [1.29, 1.82) is 0 Å². The number of benzene rings is 2. The molecule has 0 saturated carbocycles.